The van der Waals surface area contributed by atoms with Gasteiger partial charge in [-0.2, -0.15) is 0 Å². The summed E-state index contributed by atoms with van der Waals surface area (Å²) in [6.45, 7) is 0. The number of furan rings is 1. The van der Waals surface area contributed by atoms with Crippen LogP contribution in [0.25, 0.3) is 66.1 Å². The Bertz CT molecular complexity index is 2870. The summed E-state index contributed by atoms with van der Waals surface area (Å²) in [4.78, 5) is 2.48. The van der Waals surface area contributed by atoms with Crippen molar-refractivity contribution in [2.45, 2.75) is 12.0 Å². The van der Waals surface area contributed by atoms with Crippen LogP contribution >= 0.6 is 0 Å². The molecule has 3 heterocycles. The van der Waals surface area contributed by atoms with Crippen molar-refractivity contribution in [1.29, 1.82) is 0 Å². The minimum atomic E-state index is 0.240. The summed E-state index contributed by atoms with van der Waals surface area (Å²) in [6.07, 6.45) is 7.15. The van der Waals surface area contributed by atoms with Crippen molar-refractivity contribution >= 4 is 60.7 Å². The molecule has 0 radical (unpaired) electrons. The number of para-hydroxylation sites is 4. The highest BCUT2D eigenvalue weighted by Gasteiger charge is 2.38. The third kappa shape index (κ3) is 4.25. The van der Waals surface area contributed by atoms with Gasteiger partial charge in [0.05, 0.1) is 22.8 Å². The standard InChI is InChI=1S/C48H32N2O/c1-3-12-31(13-4-1)32-22-26-45-40(28-32)37-17-8-10-20-43(37)50(45)46-21-11-18-38-41-30-34(24-27-47(41)51-48(38)46)33-23-25-44-39(29-33)36-16-7-9-19-42(36)49(44)35-14-5-2-6-15-35/h1-30,39,44H. The summed E-state index contributed by atoms with van der Waals surface area (Å²) >= 11 is 0. The molecule has 0 saturated heterocycles. The van der Waals surface area contributed by atoms with Gasteiger partial charge < -0.3 is 13.9 Å². The predicted octanol–water partition coefficient (Wildman–Crippen LogP) is 12.6. The lowest BCUT2D eigenvalue weighted by Gasteiger charge is -2.29. The van der Waals surface area contributed by atoms with E-state index in [1.807, 2.05) is 0 Å². The monoisotopic (exact) mass is 652 g/mol. The molecule has 3 nitrogen and oxygen atoms in total. The molecule has 2 unspecified atom stereocenters. The minimum absolute atomic E-state index is 0.240. The molecule has 0 fully saturated rings. The second-order valence-electron chi connectivity index (χ2n) is 13.7. The van der Waals surface area contributed by atoms with Crippen molar-refractivity contribution in [1.82, 2.24) is 4.57 Å². The van der Waals surface area contributed by atoms with E-state index < -0.39 is 0 Å². The number of aromatic nitrogens is 1. The van der Waals surface area contributed by atoms with Crippen LogP contribution < -0.4 is 4.90 Å². The maximum absolute atomic E-state index is 6.75. The van der Waals surface area contributed by atoms with Crippen molar-refractivity contribution in [3.05, 3.63) is 193 Å². The summed E-state index contributed by atoms with van der Waals surface area (Å²) in [5, 5.41) is 4.71. The van der Waals surface area contributed by atoms with Gasteiger partial charge in [-0.3, -0.25) is 0 Å². The predicted molar refractivity (Wildman–Crippen MR) is 212 cm³/mol. The second-order valence-corrected chi connectivity index (χ2v) is 13.7. The molecule has 1 aliphatic heterocycles. The molecule has 9 aromatic rings. The molecule has 240 valence electrons. The van der Waals surface area contributed by atoms with Gasteiger partial charge in [-0.25, -0.2) is 0 Å². The van der Waals surface area contributed by atoms with Crippen LogP contribution in [0.4, 0.5) is 11.4 Å². The number of hydrogen-bond acceptors (Lipinski definition) is 2. The van der Waals surface area contributed by atoms with Crippen LogP contribution in [0.5, 0.6) is 0 Å². The Morgan fingerprint density at radius 2 is 1.20 bits per heavy atom. The molecule has 0 N–H and O–H groups in total. The van der Waals surface area contributed by atoms with E-state index in [2.05, 4.69) is 191 Å². The van der Waals surface area contributed by atoms with Crippen molar-refractivity contribution in [3.8, 4) is 16.8 Å². The van der Waals surface area contributed by atoms with Crippen molar-refractivity contribution in [2.24, 2.45) is 0 Å². The van der Waals surface area contributed by atoms with Crippen molar-refractivity contribution in [3.63, 3.8) is 0 Å². The third-order valence-electron chi connectivity index (χ3n) is 10.9. The minimum Gasteiger partial charge on any atom is -0.454 e. The summed E-state index contributed by atoms with van der Waals surface area (Å²) < 4.78 is 9.12. The molecule has 0 saturated carbocycles. The topological polar surface area (TPSA) is 21.3 Å². The van der Waals surface area contributed by atoms with Crippen LogP contribution in [0.2, 0.25) is 0 Å². The van der Waals surface area contributed by atoms with Crippen LogP contribution in [0, 0.1) is 0 Å². The van der Waals surface area contributed by atoms with Gasteiger partial charge >= 0.3 is 0 Å². The first kappa shape index (κ1) is 28.3. The van der Waals surface area contributed by atoms with E-state index in [-0.39, 0.29) is 12.0 Å². The Labute approximate surface area is 295 Å². The zero-order chi connectivity index (χ0) is 33.5. The third-order valence-corrected chi connectivity index (χ3v) is 10.9. The summed E-state index contributed by atoms with van der Waals surface area (Å²) in [7, 11) is 0. The zero-order valence-corrected chi connectivity index (χ0v) is 27.8. The van der Waals surface area contributed by atoms with E-state index >= 15 is 0 Å². The van der Waals surface area contributed by atoms with Gasteiger partial charge in [0.1, 0.15) is 5.58 Å². The van der Waals surface area contributed by atoms with E-state index in [1.54, 1.807) is 0 Å². The van der Waals surface area contributed by atoms with Crippen molar-refractivity contribution in [2.75, 3.05) is 4.90 Å². The van der Waals surface area contributed by atoms with E-state index in [0.29, 0.717) is 0 Å². The van der Waals surface area contributed by atoms with Gasteiger partial charge in [0.25, 0.3) is 0 Å². The number of rotatable bonds is 4. The van der Waals surface area contributed by atoms with Gasteiger partial charge in [-0.1, -0.05) is 127 Å². The van der Waals surface area contributed by atoms with Gasteiger partial charge in [0, 0.05) is 38.8 Å². The van der Waals surface area contributed by atoms with Crippen LogP contribution in [0.3, 0.4) is 0 Å². The summed E-state index contributed by atoms with van der Waals surface area (Å²) in [6, 6.07) is 59.2. The largest absolute Gasteiger partial charge is 0.454 e. The molecule has 2 aromatic heterocycles. The fraction of sp³-hybridized carbons (Fsp3) is 0.0417. The van der Waals surface area contributed by atoms with E-state index in [1.165, 1.54) is 55.5 Å². The highest BCUT2D eigenvalue weighted by atomic mass is 16.3. The Balaban J connectivity index is 1.03. The van der Waals surface area contributed by atoms with Crippen LogP contribution in [0.1, 0.15) is 17.0 Å². The Kier molecular flexibility index (Phi) is 6.08. The molecule has 1 aliphatic carbocycles. The Morgan fingerprint density at radius 3 is 2.10 bits per heavy atom. The summed E-state index contributed by atoms with van der Waals surface area (Å²) in [5.41, 5.74) is 13.9. The van der Waals surface area contributed by atoms with Crippen molar-refractivity contribution < 1.29 is 4.42 Å². The molecular formula is C48H32N2O. The number of allylic oxidation sites excluding steroid dienone is 2. The van der Waals surface area contributed by atoms with Gasteiger partial charge in [-0.15, -0.1) is 0 Å². The maximum Gasteiger partial charge on any atom is 0.159 e. The van der Waals surface area contributed by atoms with Gasteiger partial charge in [-0.05, 0) is 82.4 Å². The molecule has 0 spiro atoms. The zero-order valence-electron chi connectivity index (χ0n) is 27.8. The molecule has 51 heavy (non-hydrogen) atoms. The maximum atomic E-state index is 6.75. The number of anilines is 2. The van der Waals surface area contributed by atoms with Gasteiger partial charge in [0.15, 0.2) is 5.58 Å². The average Bonchev–Trinajstić information content (AvgIpc) is 3.85. The molecule has 7 aromatic carbocycles. The first-order chi connectivity index (χ1) is 25.3. The Morgan fingerprint density at radius 1 is 0.490 bits per heavy atom. The second kappa shape index (κ2) is 11.0. The molecule has 0 amide bonds. The lowest BCUT2D eigenvalue weighted by molar-refractivity contribution is 0.666. The number of hydrogen-bond donors (Lipinski definition) is 0. The fourth-order valence-electron chi connectivity index (χ4n) is 8.61. The highest BCUT2D eigenvalue weighted by molar-refractivity contribution is 6.13. The number of nitrogens with zero attached hydrogens (tertiary/aromatic N) is 2. The van der Waals surface area contributed by atoms with Crippen LogP contribution in [-0.4, -0.2) is 10.6 Å². The first-order valence-electron chi connectivity index (χ1n) is 17.7. The van der Waals surface area contributed by atoms with E-state index in [9.17, 15) is 0 Å². The quantitative estimate of drug-likeness (QED) is 0.189. The molecular weight excluding hydrogens is 621 g/mol. The van der Waals surface area contributed by atoms with E-state index in [0.717, 1.165) is 33.1 Å². The number of fused-ring (bicyclic) bond motifs is 9. The SMILES string of the molecule is C1=CC2C(C=C1c1ccc3oc4c(-n5c6ccccc6c6cc(-c7ccccc7)ccc65)cccc4c3c1)c1ccccc1N2c1ccccc1. The van der Waals surface area contributed by atoms with Crippen LogP contribution in [0.15, 0.2) is 186 Å². The lowest BCUT2D eigenvalue weighted by atomic mass is 9.86. The van der Waals surface area contributed by atoms with Crippen LogP contribution in [-0.2, 0) is 0 Å². The summed E-state index contributed by atoms with van der Waals surface area (Å²) in [5.74, 6) is 0.266. The smallest absolute Gasteiger partial charge is 0.159 e. The molecule has 0 bridgehead atoms. The molecule has 2 atom stereocenters. The van der Waals surface area contributed by atoms with Gasteiger partial charge in [0.2, 0.25) is 0 Å². The lowest BCUT2D eigenvalue weighted by Crippen LogP contribution is -2.28. The highest BCUT2D eigenvalue weighted by Crippen LogP contribution is 2.49. The van der Waals surface area contributed by atoms with E-state index in [4.69, 9.17) is 4.42 Å². The normalized spacial score (nSPS) is 16.6. The number of benzene rings is 7. The average molecular weight is 653 g/mol. The fourth-order valence-corrected chi connectivity index (χ4v) is 8.61. The molecule has 3 heteroatoms. The molecule has 2 aliphatic rings. The Hall–Kier alpha value is -6.58. The first-order valence-corrected chi connectivity index (χ1v) is 17.7. The molecule has 11 rings (SSSR count).